The topological polar surface area (TPSA) is 12.0 Å². The van der Waals surface area contributed by atoms with Gasteiger partial charge in [-0.25, -0.2) is 0 Å². The Morgan fingerprint density at radius 2 is 1.38 bits per heavy atom. The first-order valence-corrected chi connectivity index (χ1v) is 4.46. The molecule has 0 aliphatic carbocycles. The number of nitrogens with one attached hydrogen (secondary N) is 1. The van der Waals surface area contributed by atoms with Crippen LogP contribution < -0.4 is 5.32 Å². The van der Waals surface area contributed by atoms with E-state index in [-0.39, 0.29) is 0 Å². The zero-order valence-electron chi connectivity index (χ0n) is 9.00. The van der Waals surface area contributed by atoms with Crippen molar-refractivity contribution < 1.29 is 26.3 Å². The summed E-state index contributed by atoms with van der Waals surface area (Å²) in [6.45, 7) is 2.88. The maximum absolute atomic E-state index is 12.3. The molecule has 0 aromatic heterocycles. The fourth-order valence-electron chi connectivity index (χ4n) is 1.30. The van der Waals surface area contributed by atoms with E-state index in [1.54, 1.807) is 0 Å². The van der Waals surface area contributed by atoms with E-state index < -0.39 is 24.3 Å². The van der Waals surface area contributed by atoms with Crippen molar-refractivity contribution in [2.75, 3.05) is 7.05 Å². The number of hydrogen-bond donors (Lipinski definition) is 1. The van der Waals surface area contributed by atoms with Gasteiger partial charge in [0.05, 0.1) is 0 Å². The molecule has 1 N–H and O–H groups in total. The number of alkyl halides is 6. The molecule has 0 amide bonds. The van der Waals surface area contributed by atoms with E-state index in [2.05, 4.69) is 0 Å². The van der Waals surface area contributed by atoms with Crippen molar-refractivity contribution in [3.8, 4) is 0 Å². The van der Waals surface area contributed by atoms with E-state index in [9.17, 15) is 26.3 Å². The molecule has 0 aromatic rings. The Balaban J connectivity index is 5.25. The molecular formula is C9H13F6N. The van der Waals surface area contributed by atoms with Gasteiger partial charge in [-0.05, 0) is 20.9 Å². The van der Waals surface area contributed by atoms with Crippen molar-refractivity contribution in [3.05, 3.63) is 11.6 Å². The molecule has 0 aromatic carbocycles. The predicted octanol–water partition coefficient (Wildman–Crippen LogP) is 3.28. The molecule has 1 unspecified atom stereocenters. The summed E-state index contributed by atoms with van der Waals surface area (Å²) in [7, 11) is 1.06. The molecule has 0 rings (SSSR count). The number of hydrogen-bond acceptors (Lipinski definition) is 1. The van der Waals surface area contributed by atoms with E-state index in [4.69, 9.17) is 0 Å². The molecule has 7 heteroatoms. The largest absolute Gasteiger partial charge is 0.402 e. The predicted molar refractivity (Wildman–Crippen MR) is 47.9 cm³/mol. The van der Waals surface area contributed by atoms with Gasteiger partial charge in [-0.15, -0.1) is 0 Å². The standard InChI is InChI=1S/C9H13F6N/c1-5(2)4-6(16-3)7(8(10,11)12)9(13,14)15/h4,6-7,16H,1-3H3. The molecule has 0 bridgehead atoms. The lowest BCUT2D eigenvalue weighted by Gasteiger charge is -2.28. The first-order valence-electron chi connectivity index (χ1n) is 4.46. The third-order valence-electron chi connectivity index (χ3n) is 1.91. The highest BCUT2D eigenvalue weighted by molar-refractivity contribution is 5.05. The molecule has 0 heterocycles. The second-order valence-corrected chi connectivity index (χ2v) is 3.62. The smallest absolute Gasteiger partial charge is 0.313 e. The molecule has 96 valence electrons. The summed E-state index contributed by atoms with van der Waals surface area (Å²) in [5, 5.41) is 2.03. The zero-order chi connectivity index (χ0) is 13.1. The number of halogens is 6. The molecule has 0 spiro atoms. The van der Waals surface area contributed by atoms with Gasteiger partial charge in [-0.3, -0.25) is 0 Å². The first-order chi connectivity index (χ1) is 7.00. The lowest BCUT2D eigenvalue weighted by atomic mass is 9.96. The summed E-state index contributed by atoms with van der Waals surface area (Å²) in [4.78, 5) is 0. The molecule has 0 saturated heterocycles. The van der Waals surface area contributed by atoms with E-state index in [0.29, 0.717) is 5.57 Å². The van der Waals surface area contributed by atoms with Gasteiger partial charge in [0, 0.05) is 6.04 Å². The summed E-state index contributed by atoms with van der Waals surface area (Å²) in [5.74, 6) is -3.39. The molecular weight excluding hydrogens is 236 g/mol. The quantitative estimate of drug-likeness (QED) is 0.598. The van der Waals surface area contributed by atoms with Crippen LogP contribution in [0.1, 0.15) is 13.8 Å². The molecule has 0 radical (unpaired) electrons. The van der Waals surface area contributed by atoms with Crippen molar-refractivity contribution in [1.29, 1.82) is 0 Å². The number of likely N-dealkylation sites (N-methyl/N-ethyl adjacent to an activating group) is 1. The van der Waals surface area contributed by atoms with E-state index in [1.165, 1.54) is 13.8 Å². The molecule has 0 saturated carbocycles. The van der Waals surface area contributed by atoms with Crippen LogP contribution in [-0.4, -0.2) is 25.4 Å². The summed E-state index contributed by atoms with van der Waals surface area (Å²) < 4.78 is 73.9. The lowest BCUT2D eigenvalue weighted by Crippen LogP contribution is -2.49. The van der Waals surface area contributed by atoms with Crippen LogP contribution in [0.3, 0.4) is 0 Å². The minimum atomic E-state index is -5.32. The summed E-state index contributed by atoms with van der Waals surface area (Å²) in [5.41, 5.74) is 0.387. The van der Waals surface area contributed by atoms with Gasteiger partial charge in [-0.1, -0.05) is 11.6 Å². The van der Waals surface area contributed by atoms with Gasteiger partial charge in [0.2, 0.25) is 0 Å². The van der Waals surface area contributed by atoms with Crippen LogP contribution in [0.2, 0.25) is 0 Å². The van der Waals surface area contributed by atoms with Crippen LogP contribution >= 0.6 is 0 Å². The lowest BCUT2D eigenvalue weighted by molar-refractivity contribution is -0.288. The normalized spacial score (nSPS) is 15.1. The van der Waals surface area contributed by atoms with Crippen LogP contribution in [0.15, 0.2) is 11.6 Å². The highest BCUT2D eigenvalue weighted by Crippen LogP contribution is 2.41. The average molecular weight is 249 g/mol. The Bertz CT molecular complexity index is 234. The summed E-state index contributed by atoms with van der Waals surface area (Å²) in [6.07, 6.45) is -9.72. The summed E-state index contributed by atoms with van der Waals surface area (Å²) >= 11 is 0. The molecule has 0 fully saturated rings. The molecule has 0 aliphatic heterocycles. The molecule has 0 aliphatic rings. The second-order valence-electron chi connectivity index (χ2n) is 3.62. The van der Waals surface area contributed by atoms with Crippen molar-refractivity contribution in [2.24, 2.45) is 5.92 Å². The van der Waals surface area contributed by atoms with E-state index in [1.807, 2.05) is 5.32 Å². The molecule has 1 nitrogen and oxygen atoms in total. The van der Waals surface area contributed by atoms with E-state index >= 15 is 0 Å². The van der Waals surface area contributed by atoms with Gasteiger partial charge in [-0.2, -0.15) is 26.3 Å². The average Bonchev–Trinajstić information content (AvgIpc) is 1.96. The van der Waals surface area contributed by atoms with Crippen LogP contribution in [0.25, 0.3) is 0 Å². The monoisotopic (exact) mass is 249 g/mol. The SMILES string of the molecule is CNC(C=C(C)C)C(C(F)(F)F)C(F)(F)F. The fourth-order valence-corrected chi connectivity index (χ4v) is 1.30. The third kappa shape index (κ3) is 4.42. The third-order valence-corrected chi connectivity index (χ3v) is 1.91. The highest BCUT2D eigenvalue weighted by atomic mass is 19.4. The Labute approximate surface area is 89.5 Å². The fraction of sp³-hybridized carbons (Fsp3) is 0.778. The van der Waals surface area contributed by atoms with Crippen molar-refractivity contribution in [3.63, 3.8) is 0 Å². The van der Waals surface area contributed by atoms with Crippen LogP contribution in [0.4, 0.5) is 26.3 Å². The summed E-state index contributed by atoms with van der Waals surface area (Å²) in [6, 6.07) is -1.80. The molecule has 16 heavy (non-hydrogen) atoms. The zero-order valence-corrected chi connectivity index (χ0v) is 9.00. The van der Waals surface area contributed by atoms with Gasteiger partial charge >= 0.3 is 12.4 Å². The van der Waals surface area contributed by atoms with Gasteiger partial charge in [0.25, 0.3) is 0 Å². The minimum absolute atomic E-state index is 0.387. The second kappa shape index (κ2) is 5.07. The Kier molecular flexibility index (Phi) is 4.85. The molecule has 1 atom stereocenters. The van der Waals surface area contributed by atoms with E-state index in [0.717, 1.165) is 13.1 Å². The Hall–Kier alpha value is -0.720. The number of rotatable bonds is 3. The maximum atomic E-state index is 12.3. The van der Waals surface area contributed by atoms with Gasteiger partial charge < -0.3 is 5.32 Å². The van der Waals surface area contributed by atoms with Crippen LogP contribution in [0.5, 0.6) is 0 Å². The Morgan fingerprint density at radius 3 is 1.56 bits per heavy atom. The van der Waals surface area contributed by atoms with Crippen LogP contribution in [0, 0.1) is 5.92 Å². The highest BCUT2D eigenvalue weighted by Gasteiger charge is 2.59. The van der Waals surface area contributed by atoms with Crippen molar-refractivity contribution in [1.82, 2.24) is 5.32 Å². The maximum Gasteiger partial charge on any atom is 0.402 e. The van der Waals surface area contributed by atoms with Crippen LogP contribution in [-0.2, 0) is 0 Å². The number of allylic oxidation sites excluding steroid dienone is 1. The Morgan fingerprint density at radius 1 is 1.00 bits per heavy atom. The van der Waals surface area contributed by atoms with Crippen molar-refractivity contribution >= 4 is 0 Å². The van der Waals surface area contributed by atoms with Crippen molar-refractivity contribution in [2.45, 2.75) is 32.2 Å². The van der Waals surface area contributed by atoms with Gasteiger partial charge in [0.15, 0.2) is 5.92 Å². The van der Waals surface area contributed by atoms with Gasteiger partial charge in [0.1, 0.15) is 0 Å². The first kappa shape index (κ1) is 15.3. The minimum Gasteiger partial charge on any atom is -0.313 e.